The molecule has 0 amide bonds. The summed E-state index contributed by atoms with van der Waals surface area (Å²) in [7, 11) is 0. The first-order valence-electron chi connectivity index (χ1n) is 26.5. The van der Waals surface area contributed by atoms with E-state index in [0.717, 1.165) is 77.0 Å². The Morgan fingerprint density at radius 2 is 0.613 bits per heavy atom. The zero-order valence-corrected chi connectivity index (χ0v) is 41.1. The van der Waals surface area contributed by atoms with Crippen molar-refractivity contribution in [1.29, 1.82) is 0 Å². The van der Waals surface area contributed by atoms with Gasteiger partial charge in [-0.05, 0) is 96.3 Å². The zero-order valence-electron chi connectivity index (χ0n) is 41.1. The second-order valence-electron chi connectivity index (χ2n) is 17.4. The number of hydrogen-bond acceptors (Lipinski definition) is 5. The zero-order chi connectivity index (χ0) is 44.9. The van der Waals surface area contributed by atoms with Crippen LogP contribution in [0.5, 0.6) is 0 Å². The molecule has 0 N–H and O–H groups in total. The molecule has 0 fully saturated rings. The van der Waals surface area contributed by atoms with E-state index in [4.69, 9.17) is 14.2 Å². The Morgan fingerprint density at radius 3 is 0.952 bits per heavy atom. The molecule has 62 heavy (non-hydrogen) atoms. The van der Waals surface area contributed by atoms with Gasteiger partial charge in [-0.25, -0.2) is 0 Å². The summed E-state index contributed by atoms with van der Waals surface area (Å²) in [6.45, 7) is 7.60. The van der Waals surface area contributed by atoms with E-state index in [1.807, 2.05) is 0 Å². The molecule has 0 aliphatic rings. The first kappa shape index (κ1) is 59.3. The fraction of sp³-hybridized carbons (Fsp3) is 0.754. The first-order chi connectivity index (χ1) is 30.6. The van der Waals surface area contributed by atoms with Crippen LogP contribution in [-0.2, 0) is 23.8 Å². The van der Waals surface area contributed by atoms with Crippen LogP contribution in [0.1, 0.15) is 252 Å². The molecule has 358 valence electrons. The van der Waals surface area contributed by atoms with E-state index in [-0.39, 0.29) is 25.2 Å². The van der Waals surface area contributed by atoms with Gasteiger partial charge in [0.2, 0.25) is 0 Å². The SMILES string of the molecule is CCCCC/C=C\C/C=C\C/C=C\CCCCC(=O)OCC(COC(=O)CCCC/C=C\C/C=C\C/C=C\CCCCC)OCCCCCCCCCCCCCCCCCC. The summed E-state index contributed by atoms with van der Waals surface area (Å²) in [6.07, 6.45) is 67.9. The Bertz CT molecular complexity index is 1050. The van der Waals surface area contributed by atoms with E-state index in [0.29, 0.717) is 19.4 Å². The fourth-order valence-corrected chi connectivity index (χ4v) is 7.20. The maximum Gasteiger partial charge on any atom is 0.305 e. The predicted molar refractivity (Wildman–Crippen MR) is 270 cm³/mol. The molecule has 0 aliphatic heterocycles. The number of carbonyl (C=O) groups excluding carboxylic acids is 2. The highest BCUT2D eigenvalue weighted by molar-refractivity contribution is 5.69. The van der Waals surface area contributed by atoms with Crippen molar-refractivity contribution in [2.24, 2.45) is 0 Å². The molecule has 0 radical (unpaired) electrons. The highest BCUT2D eigenvalue weighted by Crippen LogP contribution is 2.15. The fourth-order valence-electron chi connectivity index (χ4n) is 7.20. The largest absolute Gasteiger partial charge is 0.463 e. The van der Waals surface area contributed by atoms with Gasteiger partial charge in [0.15, 0.2) is 0 Å². The first-order valence-corrected chi connectivity index (χ1v) is 26.5. The van der Waals surface area contributed by atoms with Gasteiger partial charge < -0.3 is 14.2 Å². The maximum atomic E-state index is 12.6. The molecule has 0 aromatic heterocycles. The van der Waals surface area contributed by atoms with Crippen LogP contribution >= 0.6 is 0 Å². The minimum absolute atomic E-state index is 0.125. The average Bonchev–Trinajstić information content (AvgIpc) is 3.28. The minimum atomic E-state index is -0.431. The van der Waals surface area contributed by atoms with Crippen LogP contribution < -0.4 is 0 Å². The van der Waals surface area contributed by atoms with Crippen LogP contribution in [0.4, 0.5) is 0 Å². The van der Waals surface area contributed by atoms with Gasteiger partial charge in [0.25, 0.3) is 0 Å². The molecule has 0 spiro atoms. The van der Waals surface area contributed by atoms with Crippen LogP contribution in [-0.4, -0.2) is 37.9 Å². The average molecular weight is 865 g/mol. The van der Waals surface area contributed by atoms with Gasteiger partial charge in [-0.3, -0.25) is 9.59 Å². The molecular formula is C57H100O5. The van der Waals surface area contributed by atoms with Crippen molar-refractivity contribution in [3.8, 4) is 0 Å². The van der Waals surface area contributed by atoms with E-state index in [2.05, 4.69) is 93.7 Å². The number of rotatable bonds is 48. The predicted octanol–water partition coefficient (Wildman–Crippen LogP) is 17.9. The van der Waals surface area contributed by atoms with Gasteiger partial charge in [-0.1, -0.05) is 216 Å². The summed E-state index contributed by atoms with van der Waals surface area (Å²) < 4.78 is 17.4. The van der Waals surface area contributed by atoms with E-state index >= 15 is 0 Å². The molecule has 0 aromatic carbocycles. The summed E-state index contributed by atoms with van der Waals surface area (Å²) in [5, 5.41) is 0. The number of esters is 2. The van der Waals surface area contributed by atoms with Crippen molar-refractivity contribution in [3.63, 3.8) is 0 Å². The normalized spacial score (nSPS) is 12.3. The molecule has 0 rings (SSSR count). The molecule has 0 saturated carbocycles. The van der Waals surface area contributed by atoms with Crippen LogP contribution in [0.15, 0.2) is 72.9 Å². The van der Waals surface area contributed by atoms with Gasteiger partial charge in [0.05, 0.1) is 0 Å². The molecule has 0 atom stereocenters. The Morgan fingerprint density at radius 1 is 0.339 bits per heavy atom. The highest BCUT2D eigenvalue weighted by atomic mass is 16.6. The Hall–Kier alpha value is -2.66. The van der Waals surface area contributed by atoms with E-state index in [9.17, 15) is 9.59 Å². The summed E-state index contributed by atoms with van der Waals surface area (Å²) >= 11 is 0. The molecule has 0 aliphatic carbocycles. The molecule has 5 heteroatoms. The van der Waals surface area contributed by atoms with Crippen LogP contribution in [0, 0.1) is 0 Å². The molecule has 0 bridgehead atoms. The lowest BCUT2D eigenvalue weighted by atomic mass is 10.0. The molecule has 5 nitrogen and oxygen atoms in total. The van der Waals surface area contributed by atoms with E-state index < -0.39 is 6.10 Å². The highest BCUT2D eigenvalue weighted by Gasteiger charge is 2.16. The Labute approximate surface area is 385 Å². The van der Waals surface area contributed by atoms with Crippen molar-refractivity contribution in [2.45, 2.75) is 258 Å². The summed E-state index contributed by atoms with van der Waals surface area (Å²) in [6, 6.07) is 0. The van der Waals surface area contributed by atoms with Crippen molar-refractivity contribution < 1.29 is 23.8 Å². The smallest absolute Gasteiger partial charge is 0.305 e. The van der Waals surface area contributed by atoms with E-state index in [1.54, 1.807) is 0 Å². The third kappa shape index (κ3) is 50.0. The second-order valence-corrected chi connectivity index (χ2v) is 17.4. The number of carbonyl (C=O) groups is 2. The molecule has 0 unspecified atom stereocenters. The van der Waals surface area contributed by atoms with Crippen molar-refractivity contribution in [3.05, 3.63) is 72.9 Å². The summed E-state index contributed by atoms with van der Waals surface area (Å²) in [5.74, 6) is -0.416. The van der Waals surface area contributed by atoms with Gasteiger partial charge >= 0.3 is 11.9 Å². The molecular weight excluding hydrogens is 765 g/mol. The molecule has 0 heterocycles. The second kappa shape index (κ2) is 52.7. The van der Waals surface area contributed by atoms with Crippen LogP contribution in [0.2, 0.25) is 0 Å². The van der Waals surface area contributed by atoms with Gasteiger partial charge in [0, 0.05) is 19.4 Å². The lowest BCUT2D eigenvalue weighted by molar-refractivity contribution is -0.155. The van der Waals surface area contributed by atoms with Crippen LogP contribution in [0.25, 0.3) is 0 Å². The lowest BCUT2D eigenvalue weighted by Gasteiger charge is -2.18. The van der Waals surface area contributed by atoms with Gasteiger partial charge in [0.1, 0.15) is 19.3 Å². The topological polar surface area (TPSA) is 61.8 Å². The van der Waals surface area contributed by atoms with Crippen molar-refractivity contribution in [2.75, 3.05) is 19.8 Å². The van der Waals surface area contributed by atoms with E-state index in [1.165, 1.54) is 141 Å². The monoisotopic (exact) mass is 865 g/mol. The minimum Gasteiger partial charge on any atom is -0.463 e. The van der Waals surface area contributed by atoms with Gasteiger partial charge in [-0.2, -0.15) is 0 Å². The number of hydrogen-bond donors (Lipinski definition) is 0. The van der Waals surface area contributed by atoms with Crippen LogP contribution in [0.3, 0.4) is 0 Å². The Kier molecular flexibility index (Phi) is 50.4. The number of unbranched alkanes of at least 4 members (excludes halogenated alkanes) is 25. The number of ether oxygens (including phenoxy) is 3. The van der Waals surface area contributed by atoms with Crippen molar-refractivity contribution in [1.82, 2.24) is 0 Å². The maximum absolute atomic E-state index is 12.6. The Balaban J connectivity index is 4.37. The molecule has 0 aromatic rings. The third-order valence-corrected chi connectivity index (χ3v) is 11.3. The quantitative estimate of drug-likeness (QED) is 0.0346. The molecule has 0 saturated heterocycles. The summed E-state index contributed by atoms with van der Waals surface area (Å²) in [5.41, 5.74) is 0. The third-order valence-electron chi connectivity index (χ3n) is 11.3. The van der Waals surface area contributed by atoms with Gasteiger partial charge in [-0.15, -0.1) is 0 Å². The van der Waals surface area contributed by atoms with Crippen molar-refractivity contribution >= 4 is 11.9 Å². The standard InChI is InChI=1S/C57H100O5/c1-4-7-10-13-16-19-22-25-28-31-34-37-40-43-46-49-52-60-55(53-61-56(58)50-47-44-41-38-35-32-29-26-23-20-17-14-11-8-5-2)54-62-57(59)51-48-45-42-39-36-33-30-27-24-21-18-15-12-9-6-3/h17-18,20-21,26-27,29-30,35-36,38-39,55H,4-16,19,22-25,28,31-34,37,40-54H2,1-3H3/b20-17-,21-18-,29-26-,30-27-,38-35-,39-36-. The lowest BCUT2D eigenvalue weighted by Crippen LogP contribution is -2.29. The number of allylic oxidation sites excluding steroid dienone is 12. The summed E-state index contributed by atoms with van der Waals surface area (Å²) in [4.78, 5) is 25.2.